The van der Waals surface area contributed by atoms with Crippen molar-refractivity contribution in [1.29, 1.82) is 0 Å². The molecule has 1 saturated heterocycles. The van der Waals surface area contributed by atoms with Crippen LogP contribution in [0.3, 0.4) is 0 Å². The summed E-state index contributed by atoms with van der Waals surface area (Å²) in [6.07, 6.45) is -1.06. The average molecular weight is 602 g/mol. The molecule has 218 valence electrons. The summed E-state index contributed by atoms with van der Waals surface area (Å²) in [5, 5.41) is 2.73. The van der Waals surface area contributed by atoms with Gasteiger partial charge in [0.1, 0.15) is 18.1 Å². The number of benzene rings is 3. The van der Waals surface area contributed by atoms with Gasteiger partial charge in [-0.05, 0) is 42.0 Å². The van der Waals surface area contributed by atoms with Crippen LogP contribution in [-0.2, 0) is 35.3 Å². The van der Waals surface area contributed by atoms with Crippen LogP contribution >= 0.6 is 0 Å². The second-order valence-electron chi connectivity index (χ2n) is 9.47. The van der Waals surface area contributed by atoms with Gasteiger partial charge in [0.25, 0.3) is 5.91 Å². The van der Waals surface area contributed by atoms with Gasteiger partial charge in [0.05, 0.1) is 42.6 Å². The summed E-state index contributed by atoms with van der Waals surface area (Å²) < 4.78 is 71.6. The molecule has 1 fully saturated rings. The molecule has 3 aromatic carbocycles. The number of para-hydroxylation sites is 2. The van der Waals surface area contributed by atoms with Crippen molar-refractivity contribution in [3.05, 3.63) is 84.4 Å². The van der Waals surface area contributed by atoms with Gasteiger partial charge in [-0.15, -0.1) is 0 Å². The number of sulfonamides is 2. The lowest BCUT2D eigenvalue weighted by atomic mass is 10.2. The van der Waals surface area contributed by atoms with Crippen LogP contribution in [-0.4, -0.2) is 79.2 Å². The monoisotopic (exact) mass is 601 g/mol. The molecule has 0 saturated carbocycles. The molecular weight excluding hydrogens is 570 g/mol. The number of amides is 1. The highest BCUT2D eigenvalue weighted by atomic mass is 32.2. The van der Waals surface area contributed by atoms with E-state index >= 15 is 0 Å². The van der Waals surface area contributed by atoms with Crippen molar-refractivity contribution >= 4 is 31.6 Å². The van der Waals surface area contributed by atoms with Crippen molar-refractivity contribution in [2.75, 3.05) is 50.3 Å². The topological polar surface area (TPSA) is 132 Å². The molecule has 1 N–H and O–H groups in total. The first kappa shape index (κ1) is 28.9. The third-order valence-corrected chi connectivity index (χ3v) is 10.3. The first-order valence-corrected chi connectivity index (χ1v) is 16.2. The predicted octanol–water partition coefficient (Wildman–Crippen LogP) is 2.00. The van der Waals surface area contributed by atoms with E-state index in [9.17, 15) is 21.6 Å². The number of carbonyl (C=O) groups is 1. The van der Waals surface area contributed by atoms with Gasteiger partial charge in [-0.3, -0.25) is 9.10 Å². The van der Waals surface area contributed by atoms with Crippen molar-refractivity contribution in [3.8, 4) is 11.5 Å². The zero-order valence-corrected chi connectivity index (χ0v) is 23.8. The minimum atomic E-state index is -3.80. The van der Waals surface area contributed by atoms with E-state index in [1.54, 1.807) is 60.7 Å². The van der Waals surface area contributed by atoms with Crippen LogP contribution in [0.15, 0.2) is 83.8 Å². The lowest BCUT2D eigenvalue weighted by molar-refractivity contribution is -0.127. The molecule has 3 aromatic rings. The predicted molar refractivity (Wildman–Crippen MR) is 152 cm³/mol. The van der Waals surface area contributed by atoms with Gasteiger partial charge < -0.3 is 19.5 Å². The third-order valence-electron chi connectivity index (χ3n) is 6.66. The summed E-state index contributed by atoms with van der Waals surface area (Å²) in [5.41, 5.74) is 1.02. The summed E-state index contributed by atoms with van der Waals surface area (Å²) in [4.78, 5) is 13.1. The first-order chi connectivity index (χ1) is 19.7. The van der Waals surface area contributed by atoms with Crippen molar-refractivity contribution in [2.24, 2.45) is 0 Å². The van der Waals surface area contributed by atoms with E-state index in [0.29, 0.717) is 49.1 Å². The SMILES string of the molecule is O=C(NCCOc1ccc(S(=O)(=O)N2CCOCC2)cc1)C1CN(S(=O)(=O)Cc2ccccc2)c2ccccc2O1. The molecule has 0 bridgehead atoms. The number of fused-ring (bicyclic) bond motifs is 1. The molecular formula is C28H31N3O8S2. The van der Waals surface area contributed by atoms with Gasteiger partial charge in [0.15, 0.2) is 6.10 Å². The van der Waals surface area contributed by atoms with E-state index in [-0.39, 0.29) is 30.3 Å². The molecule has 0 aromatic heterocycles. The fourth-order valence-electron chi connectivity index (χ4n) is 4.57. The Morgan fingerprint density at radius 2 is 1.59 bits per heavy atom. The normalized spacial score (nSPS) is 17.8. The van der Waals surface area contributed by atoms with Crippen molar-refractivity contribution < 1.29 is 35.8 Å². The number of hydrogen-bond acceptors (Lipinski definition) is 8. The number of hydrogen-bond donors (Lipinski definition) is 1. The Labute approximate surface area is 239 Å². The van der Waals surface area contributed by atoms with Crippen LogP contribution in [0, 0.1) is 0 Å². The van der Waals surface area contributed by atoms with Crippen molar-refractivity contribution in [3.63, 3.8) is 0 Å². The lowest BCUT2D eigenvalue weighted by Crippen LogP contribution is -2.51. The quantitative estimate of drug-likeness (QED) is 0.349. The van der Waals surface area contributed by atoms with E-state index in [1.807, 2.05) is 6.07 Å². The Morgan fingerprint density at radius 1 is 0.902 bits per heavy atom. The van der Waals surface area contributed by atoms with Crippen LogP contribution in [0.25, 0.3) is 0 Å². The largest absolute Gasteiger partial charge is 0.492 e. The highest BCUT2D eigenvalue weighted by molar-refractivity contribution is 7.92. The highest BCUT2D eigenvalue weighted by Gasteiger charge is 2.36. The lowest BCUT2D eigenvalue weighted by Gasteiger charge is -2.34. The number of morpholine rings is 1. The molecule has 13 heteroatoms. The zero-order valence-electron chi connectivity index (χ0n) is 22.2. The van der Waals surface area contributed by atoms with E-state index in [0.717, 1.165) is 0 Å². The number of anilines is 1. The standard InChI is InChI=1S/C28H31N3O8S2/c32-28(29-14-17-38-23-10-12-24(13-11-23)41(35,36)30-15-18-37-19-16-30)27-20-31(25-8-4-5-9-26(25)39-27)40(33,34)21-22-6-2-1-3-7-22/h1-13,27H,14-21H2,(H,29,32). The molecule has 11 nitrogen and oxygen atoms in total. The Morgan fingerprint density at radius 3 is 2.32 bits per heavy atom. The zero-order chi connectivity index (χ0) is 28.9. The Hall–Kier alpha value is -3.65. The summed E-state index contributed by atoms with van der Waals surface area (Å²) >= 11 is 0. The third kappa shape index (κ3) is 6.81. The fraction of sp³-hybridized carbons (Fsp3) is 0.321. The highest BCUT2D eigenvalue weighted by Crippen LogP contribution is 2.35. The van der Waals surface area contributed by atoms with Crippen LogP contribution in [0.2, 0.25) is 0 Å². The number of nitrogens with one attached hydrogen (secondary N) is 1. The van der Waals surface area contributed by atoms with Crippen LogP contribution < -0.4 is 19.1 Å². The maximum Gasteiger partial charge on any atom is 0.263 e. The van der Waals surface area contributed by atoms with Crippen molar-refractivity contribution in [2.45, 2.75) is 16.8 Å². The van der Waals surface area contributed by atoms with Gasteiger partial charge in [0.2, 0.25) is 20.0 Å². The average Bonchev–Trinajstić information content (AvgIpc) is 2.99. The van der Waals surface area contributed by atoms with Crippen LogP contribution in [0.1, 0.15) is 5.56 Å². The second-order valence-corrected chi connectivity index (χ2v) is 13.3. The molecule has 2 heterocycles. The molecule has 1 atom stereocenters. The van der Waals surface area contributed by atoms with Gasteiger partial charge >= 0.3 is 0 Å². The minimum absolute atomic E-state index is 0.112. The smallest absolute Gasteiger partial charge is 0.263 e. The Kier molecular flexibility index (Phi) is 8.78. The molecule has 0 radical (unpaired) electrons. The van der Waals surface area contributed by atoms with E-state index < -0.39 is 32.1 Å². The summed E-state index contributed by atoms with van der Waals surface area (Å²) in [5.74, 6) is 0.0618. The van der Waals surface area contributed by atoms with E-state index in [2.05, 4.69) is 5.32 Å². The van der Waals surface area contributed by atoms with E-state index in [1.165, 1.54) is 20.7 Å². The number of nitrogens with zero attached hydrogens (tertiary/aromatic N) is 2. The van der Waals surface area contributed by atoms with Crippen LogP contribution in [0.5, 0.6) is 11.5 Å². The Bertz CT molecular complexity index is 1560. The van der Waals surface area contributed by atoms with Gasteiger partial charge in [0, 0.05) is 13.1 Å². The van der Waals surface area contributed by atoms with Gasteiger partial charge in [-0.25, -0.2) is 16.8 Å². The van der Waals surface area contributed by atoms with Crippen LogP contribution in [0.4, 0.5) is 5.69 Å². The molecule has 5 rings (SSSR count). The number of rotatable bonds is 10. The molecule has 1 amide bonds. The molecule has 41 heavy (non-hydrogen) atoms. The number of ether oxygens (including phenoxy) is 3. The molecule has 2 aliphatic heterocycles. The Balaban J connectivity index is 1.16. The maximum absolute atomic E-state index is 13.4. The summed E-state index contributed by atoms with van der Waals surface area (Å²) in [6, 6.07) is 21.7. The van der Waals surface area contributed by atoms with Crippen molar-refractivity contribution in [1.82, 2.24) is 9.62 Å². The van der Waals surface area contributed by atoms with E-state index in [4.69, 9.17) is 14.2 Å². The second kappa shape index (κ2) is 12.5. The number of carbonyl (C=O) groups excluding carboxylic acids is 1. The molecule has 1 unspecified atom stereocenters. The van der Waals surface area contributed by atoms with Gasteiger partial charge in [-0.1, -0.05) is 42.5 Å². The molecule has 0 aliphatic carbocycles. The first-order valence-electron chi connectivity index (χ1n) is 13.1. The summed E-state index contributed by atoms with van der Waals surface area (Å²) in [7, 11) is -7.40. The van der Waals surface area contributed by atoms with Gasteiger partial charge in [-0.2, -0.15) is 4.31 Å². The summed E-state index contributed by atoms with van der Waals surface area (Å²) in [6.45, 7) is 1.43. The minimum Gasteiger partial charge on any atom is -0.492 e. The molecule has 2 aliphatic rings. The molecule has 0 spiro atoms. The fourth-order valence-corrected chi connectivity index (χ4v) is 7.56. The maximum atomic E-state index is 13.4.